The Labute approximate surface area is 191 Å². The largest absolute Gasteiger partial charge is 0.416 e. The number of nitriles is 1. The van der Waals surface area contributed by atoms with E-state index in [1.54, 1.807) is 25.4 Å². The van der Waals surface area contributed by atoms with Crippen molar-refractivity contribution in [2.75, 3.05) is 0 Å². The monoisotopic (exact) mass is 465 g/mol. The van der Waals surface area contributed by atoms with Crippen molar-refractivity contribution in [1.82, 2.24) is 29.7 Å². The molecule has 0 aliphatic heterocycles. The lowest BCUT2D eigenvalue weighted by molar-refractivity contribution is -0.137. The molecule has 0 spiro atoms. The van der Waals surface area contributed by atoms with Crippen LogP contribution in [0.4, 0.5) is 13.2 Å². The second-order valence-electron chi connectivity index (χ2n) is 8.25. The molecule has 0 amide bonds. The maximum atomic E-state index is 12.9. The Balaban J connectivity index is 1.57. The molecule has 1 N–H and O–H groups in total. The number of aromatic amines is 1. The maximum Gasteiger partial charge on any atom is 0.416 e. The summed E-state index contributed by atoms with van der Waals surface area (Å²) in [5.41, 5.74) is -0.595. The van der Waals surface area contributed by atoms with Gasteiger partial charge in [-0.1, -0.05) is 12.1 Å². The normalized spacial score (nSPS) is 18.9. The molecule has 1 unspecified atom stereocenters. The highest BCUT2D eigenvalue weighted by molar-refractivity contribution is 5.80. The van der Waals surface area contributed by atoms with Gasteiger partial charge in [-0.15, -0.1) is 0 Å². The van der Waals surface area contributed by atoms with Crippen LogP contribution in [0.5, 0.6) is 0 Å². The van der Waals surface area contributed by atoms with Crippen molar-refractivity contribution in [2.45, 2.75) is 43.8 Å². The quantitative estimate of drug-likeness (QED) is 0.486. The number of hydrogen-bond acceptors (Lipinski definition) is 6. The van der Waals surface area contributed by atoms with Gasteiger partial charge < -0.3 is 4.98 Å². The Morgan fingerprint density at radius 2 is 1.82 bits per heavy atom. The van der Waals surface area contributed by atoms with E-state index in [1.165, 1.54) is 16.8 Å². The summed E-state index contributed by atoms with van der Waals surface area (Å²) in [6.45, 7) is 1.72. The third-order valence-corrected chi connectivity index (χ3v) is 6.32. The number of halogens is 3. The number of nitrogens with zero attached hydrogens (tertiary/aromatic N) is 6. The molecule has 3 atom stereocenters. The van der Waals surface area contributed by atoms with Crippen LogP contribution < -0.4 is 5.56 Å². The van der Waals surface area contributed by atoms with Crippen molar-refractivity contribution in [3.8, 4) is 6.07 Å². The summed E-state index contributed by atoms with van der Waals surface area (Å²) in [7, 11) is 0. The highest BCUT2D eigenvalue weighted by Crippen LogP contribution is 2.46. The lowest BCUT2D eigenvalue weighted by Crippen LogP contribution is -2.28. The first kappa shape index (κ1) is 21.8. The highest BCUT2D eigenvalue weighted by atomic mass is 19.4. The van der Waals surface area contributed by atoms with Crippen LogP contribution in [-0.4, -0.2) is 29.7 Å². The number of rotatable bonds is 4. The zero-order chi connectivity index (χ0) is 24.0. The van der Waals surface area contributed by atoms with Crippen LogP contribution in [0.15, 0.2) is 47.5 Å². The molecule has 3 aromatic heterocycles. The van der Waals surface area contributed by atoms with Gasteiger partial charge in [0, 0.05) is 24.2 Å². The number of hydrogen-bond donors (Lipinski definition) is 1. The van der Waals surface area contributed by atoms with Gasteiger partial charge in [0.15, 0.2) is 11.3 Å². The van der Waals surface area contributed by atoms with E-state index in [9.17, 15) is 23.2 Å². The molecule has 8 nitrogen and oxygen atoms in total. The molecule has 3 heterocycles. The molecule has 0 bridgehead atoms. The van der Waals surface area contributed by atoms with E-state index in [2.05, 4.69) is 25.0 Å². The smallest absolute Gasteiger partial charge is 0.310 e. The van der Waals surface area contributed by atoms with Crippen LogP contribution in [0.3, 0.4) is 0 Å². The molecule has 1 aromatic carbocycles. The van der Waals surface area contributed by atoms with E-state index >= 15 is 0 Å². The average Bonchev–Trinajstić information content (AvgIpc) is 3.17. The van der Waals surface area contributed by atoms with Crippen molar-refractivity contribution in [3.63, 3.8) is 0 Å². The van der Waals surface area contributed by atoms with Crippen molar-refractivity contribution < 1.29 is 13.2 Å². The minimum atomic E-state index is -4.44. The van der Waals surface area contributed by atoms with E-state index < -0.39 is 23.3 Å². The van der Waals surface area contributed by atoms with Gasteiger partial charge in [0.2, 0.25) is 0 Å². The first-order valence-corrected chi connectivity index (χ1v) is 10.6. The van der Waals surface area contributed by atoms with Crippen LogP contribution in [0, 0.1) is 11.3 Å². The summed E-state index contributed by atoms with van der Waals surface area (Å²) in [6.07, 6.45) is 0.514. The number of nitrogens with one attached hydrogen (secondary N) is 1. The van der Waals surface area contributed by atoms with E-state index in [0.717, 1.165) is 25.0 Å². The Kier molecular flexibility index (Phi) is 5.16. The Bertz CT molecular complexity index is 1450. The summed E-state index contributed by atoms with van der Waals surface area (Å²) in [4.78, 5) is 29.0. The van der Waals surface area contributed by atoms with Gasteiger partial charge in [-0.3, -0.25) is 4.79 Å². The fraction of sp³-hybridized carbons (Fsp3) is 0.304. The van der Waals surface area contributed by atoms with E-state index in [4.69, 9.17) is 0 Å². The first-order valence-electron chi connectivity index (χ1n) is 10.6. The highest BCUT2D eigenvalue weighted by Gasteiger charge is 2.38. The third kappa shape index (κ3) is 3.61. The second-order valence-corrected chi connectivity index (χ2v) is 8.25. The molecule has 0 saturated heterocycles. The van der Waals surface area contributed by atoms with Gasteiger partial charge in [0.25, 0.3) is 5.56 Å². The van der Waals surface area contributed by atoms with Gasteiger partial charge in [-0.05, 0) is 43.5 Å². The Morgan fingerprint density at radius 3 is 2.41 bits per heavy atom. The standard InChI is InChI=1S/C23H18F3N7O/c1-12(13-3-5-14(6-4-13)23(24,25)26)33-21-18(17(11-27)32-33)22(34)31-20(30-21)16-8-7-15(16)19-28-9-2-10-29-19/h2-6,9-10,12,15-16H,7-8H2,1H3,(H,30,31,34)/t12?,15-,16-/m0/s1. The number of fused-ring (bicyclic) bond motifs is 1. The third-order valence-electron chi connectivity index (χ3n) is 6.32. The topological polar surface area (TPSA) is 113 Å². The van der Waals surface area contributed by atoms with E-state index in [-0.39, 0.29) is 28.6 Å². The van der Waals surface area contributed by atoms with Gasteiger partial charge in [0.1, 0.15) is 23.1 Å². The molecule has 34 heavy (non-hydrogen) atoms. The first-order chi connectivity index (χ1) is 16.3. The molecule has 0 radical (unpaired) electrons. The molecule has 1 aliphatic rings. The van der Waals surface area contributed by atoms with Crippen molar-refractivity contribution >= 4 is 11.0 Å². The van der Waals surface area contributed by atoms with Crippen molar-refractivity contribution in [3.05, 3.63) is 81.5 Å². The Hall–Kier alpha value is -4.07. The lowest BCUT2D eigenvalue weighted by Gasteiger charge is -2.34. The summed E-state index contributed by atoms with van der Waals surface area (Å²) in [5.74, 6) is 1.02. The zero-order valence-corrected chi connectivity index (χ0v) is 17.9. The maximum absolute atomic E-state index is 12.9. The molecule has 1 fully saturated rings. The number of aromatic nitrogens is 6. The molecular weight excluding hydrogens is 447 g/mol. The fourth-order valence-corrected chi connectivity index (χ4v) is 4.32. The lowest BCUT2D eigenvalue weighted by atomic mass is 9.72. The Morgan fingerprint density at radius 1 is 1.15 bits per heavy atom. The van der Waals surface area contributed by atoms with Crippen LogP contribution >= 0.6 is 0 Å². The molecule has 5 rings (SSSR count). The van der Waals surface area contributed by atoms with Gasteiger partial charge in [0.05, 0.1) is 11.6 Å². The molecule has 172 valence electrons. The SMILES string of the molecule is CC(c1ccc(C(F)(F)F)cc1)n1nc(C#N)c2c(=O)[nH]c([C@H]3CC[C@@H]3c3ncccn3)nc21. The molecule has 1 saturated carbocycles. The molecule has 11 heteroatoms. The fourth-order valence-electron chi connectivity index (χ4n) is 4.32. The van der Waals surface area contributed by atoms with E-state index in [1.807, 2.05) is 6.07 Å². The number of H-pyrrole nitrogens is 1. The number of alkyl halides is 3. The summed E-state index contributed by atoms with van der Waals surface area (Å²) in [5, 5.41) is 13.8. The molecular formula is C23H18F3N7O. The van der Waals surface area contributed by atoms with Gasteiger partial charge in [-0.2, -0.15) is 23.5 Å². The summed E-state index contributed by atoms with van der Waals surface area (Å²) >= 11 is 0. The van der Waals surface area contributed by atoms with Crippen LogP contribution in [0.2, 0.25) is 0 Å². The summed E-state index contributed by atoms with van der Waals surface area (Å²) in [6, 6.07) is 7.78. The second kappa shape index (κ2) is 8.06. The van der Waals surface area contributed by atoms with Crippen molar-refractivity contribution in [2.24, 2.45) is 0 Å². The van der Waals surface area contributed by atoms with Crippen LogP contribution in [0.1, 0.15) is 66.1 Å². The predicted octanol–water partition coefficient (Wildman–Crippen LogP) is 4.07. The van der Waals surface area contributed by atoms with Crippen LogP contribution in [-0.2, 0) is 6.18 Å². The van der Waals surface area contributed by atoms with Gasteiger partial charge >= 0.3 is 6.18 Å². The minimum absolute atomic E-state index is 0.000875. The summed E-state index contributed by atoms with van der Waals surface area (Å²) < 4.78 is 40.3. The van der Waals surface area contributed by atoms with Gasteiger partial charge in [-0.25, -0.2) is 19.6 Å². The predicted molar refractivity (Wildman–Crippen MR) is 115 cm³/mol. The van der Waals surface area contributed by atoms with E-state index in [0.29, 0.717) is 17.2 Å². The van der Waals surface area contributed by atoms with Crippen LogP contribution in [0.25, 0.3) is 11.0 Å². The molecule has 1 aliphatic carbocycles. The average molecular weight is 465 g/mol. The minimum Gasteiger partial charge on any atom is -0.310 e. The van der Waals surface area contributed by atoms with Crippen molar-refractivity contribution in [1.29, 1.82) is 5.26 Å². The number of benzene rings is 1. The molecule has 4 aromatic rings. The zero-order valence-electron chi connectivity index (χ0n) is 17.9.